The van der Waals surface area contributed by atoms with Gasteiger partial charge in [0.25, 0.3) is 0 Å². The van der Waals surface area contributed by atoms with Crippen molar-refractivity contribution < 1.29 is 9.53 Å². The van der Waals surface area contributed by atoms with Gasteiger partial charge in [0.05, 0.1) is 19.2 Å². The van der Waals surface area contributed by atoms with Crippen LogP contribution >= 0.6 is 0 Å². The fourth-order valence-electron chi connectivity index (χ4n) is 2.63. The van der Waals surface area contributed by atoms with Crippen LogP contribution in [-0.2, 0) is 7.05 Å². The van der Waals surface area contributed by atoms with Crippen LogP contribution < -0.4 is 15.4 Å². The van der Waals surface area contributed by atoms with E-state index in [0.717, 1.165) is 11.3 Å². The van der Waals surface area contributed by atoms with Gasteiger partial charge in [-0.3, -0.25) is 0 Å². The number of amides is 2. The van der Waals surface area contributed by atoms with E-state index in [-0.39, 0.29) is 18.1 Å². The summed E-state index contributed by atoms with van der Waals surface area (Å²) in [5.74, 6) is 1.50. The summed E-state index contributed by atoms with van der Waals surface area (Å²) >= 11 is 0. The molecule has 0 aliphatic rings. The first-order valence-electron chi connectivity index (χ1n) is 8.11. The zero-order valence-electron chi connectivity index (χ0n) is 15.4. The molecule has 0 bridgehead atoms. The Morgan fingerprint density at radius 3 is 2.76 bits per heavy atom. The molecule has 25 heavy (non-hydrogen) atoms. The van der Waals surface area contributed by atoms with Crippen molar-refractivity contribution in [3.05, 3.63) is 42.0 Å². The predicted molar refractivity (Wildman–Crippen MR) is 95.4 cm³/mol. The van der Waals surface area contributed by atoms with Gasteiger partial charge < -0.3 is 24.8 Å². The molecule has 0 unspecified atom stereocenters. The number of rotatable bonds is 7. The Kier molecular flexibility index (Phi) is 6.35. The van der Waals surface area contributed by atoms with Gasteiger partial charge in [-0.2, -0.15) is 0 Å². The minimum absolute atomic E-state index is 0.0333. The van der Waals surface area contributed by atoms with Crippen molar-refractivity contribution >= 4 is 6.03 Å². The number of methoxy groups -OCH3 is 1. The molecule has 0 saturated carbocycles. The molecule has 2 atom stereocenters. The van der Waals surface area contributed by atoms with Gasteiger partial charge in [-0.05, 0) is 38.7 Å². The highest BCUT2D eigenvalue weighted by Crippen LogP contribution is 2.22. The zero-order valence-corrected chi connectivity index (χ0v) is 15.4. The first kappa shape index (κ1) is 18.7. The normalized spacial score (nSPS) is 13.4. The van der Waals surface area contributed by atoms with Crippen LogP contribution in [0.3, 0.4) is 0 Å². The smallest absolute Gasteiger partial charge is 0.315 e. The highest BCUT2D eigenvalue weighted by Gasteiger charge is 2.18. The molecule has 0 aliphatic heterocycles. The summed E-state index contributed by atoms with van der Waals surface area (Å²) in [4.78, 5) is 14.3. The number of hydrogen-bond acceptors (Lipinski definition) is 5. The number of carbonyl (C=O) groups excluding carboxylic acids is 1. The SMILES string of the molecule is COc1cccc([C@@H](CNC(=O)N[C@H](C)c2nncn2C)N(C)C)c1. The van der Waals surface area contributed by atoms with Crippen LogP contribution in [0.2, 0.25) is 0 Å². The van der Waals surface area contributed by atoms with E-state index in [1.165, 1.54) is 0 Å². The Morgan fingerprint density at radius 1 is 1.40 bits per heavy atom. The average Bonchev–Trinajstić information content (AvgIpc) is 3.01. The Hall–Kier alpha value is -2.61. The molecule has 8 heteroatoms. The van der Waals surface area contributed by atoms with Gasteiger partial charge in [-0.1, -0.05) is 12.1 Å². The summed E-state index contributed by atoms with van der Waals surface area (Å²) in [6, 6.07) is 7.40. The molecular formula is C17H26N6O2. The van der Waals surface area contributed by atoms with E-state index >= 15 is 0 Å². The van der Waals surface area contributed by atoms with E-state index in [2.05, 4.69) is 25.7 Å². The van der Waals surface area contributed by atoms with E-state index < -0.39 is 0 Å². The van der Waals surface area contributed by atoms with Crippen molar-refractivity contribution in [1.82, 2.24) is 30.3 Å². The monoisotopic (exact) mass is 346 g/mol. The van der Waals surface area contributed by atoms with Crippen molar-refractivity contribution in [3.63, 3.8) is 0 Å². The average molecular weight is 346 g/mol. The molecule has 0 saturated heterocycles. The molecule has 0 aliphatic carbocycles. The number of nitrogens with one attached hydrogen (secondary N) is 2. The highest BCUT2D eigenvalue weighted by atomic mass is 16.5. The Labute approximate surface area is 148 Å². The van der Waals surface area contributed by atoms with Gasteiger partial charge in [0, 0.05) is 13.6 Å². The summed E-state index contributed by atoms with van der Waals surface area (Å²) in [6.45, 7) is 2.34. The minimum atomic E-state index is -0.245. The van der Waals surface area contributed by atoms with Gasteiger partial charge >= 0.3 is 6.03 Å². The lowest BCUT2D eigenvalue weighted by Gasteiger charge is -2.26. The van der Waals surface area contributed by atoms with E-state index in [9.17, 15) is 4.79 Å². The molecule has 1 heterocycles. The maximum atomic E-state index is 12.2. The van der Waals surface area contributed by atoms with Crippen LogP contribution in [0.5, 0.6) is 5.75 Å². The van der Waals surface area contributed by atoms with Crippen LogP contribution in [0, 0.1) is 0 Å². The van der Waals surface area contributed by atoms with Crippen LogP contribution in [-0.4, -0.2) is 53.4 Å². The standard InChI is InChI=1S/C17H26N6O2/c1-12(16-21-19-11-23(16)4)20-17(24)18-10-15(22(2)3)13-7-6-8-14(9-13)25-5/h6-9,11-12,15H,10H2,1-5H3,(H2,18,20,24)/t12-,15-/m1/s1. The fourth-order valence-corrected chi connectivity index (χ4v) is 2.63. The summed E-state index contributed by atoms with van der Waals surface area (Å²) in [6.07, 6.45) is 1.61. The third-order valence-electron chi connectivity index (χ3n) is 4.04. The highest BCUT2D eigenvalue weighted by molar-refractivity contribution is 5.74. The Bertz CT molecular complexity index is 700. The summed E-state index contributed by atoms with van der Waals surface area (Å²) in [5, 5.41) is 13.6. The van der Waals surface area contributed by atoms with E-state index in [1.54, 1.807) is 18.0 Å². The molecule has 2 rings (SSSR count). The van der Waals surface area contributed by atoms with Gasteiger partial charge in [0.2, 0.25) is 0 Å². The van der Waals surface area contributed by atoms with Gasteiger partial charge in [-0.25, -0.2) is 4.79 Å². The Balaban J connectivity index is 1.96. The lowest BCUT2D eigenvalue weighted by atomic mass is 10.1. The first-order valence-corrected chi connectivity index (χ1v) is 8.11. The maximum absolute atomic E-state index is 12.2. The molecule has 2 N–H and O–H groups in total. The molecule has 1 aromatic carbocycles. The second-order valence-corrected chi connectivity index (χ2v) is 6.13. The van der Waals surface area contributed by atoms with Gasteiger partial charge in [0.1, 0.15) is 12.1 Å². The first-order chi connectivity index (χ1) is 11.9. The summed E-state index contributed by atoms with van der Waals surface area (Å²) < 4.78 is 7.06. The van der Waals surface area contributed by atoms with Crippen LogP contribution in [0.25, 0.3) is 0 Å². The third kappa shape index (κ3) is 4.93. The summed E-state index contributed by atoms with van der Waals surface area (Å²) in [7, 11) is 7.44. The molecular weight excluding hydrogens is 320 g/mol. The fraction of sp³-hybridized carbons (Fsp3) is 0.471. The molecule has 136 valence electrons. The number of aromatic nitrogens is 3. The maximum Gasteiger partial charge on any atom is 0.315 e. The number of carbonyl (C=O) groups is 1. The molecule has 2 amide bonds. The van der Waals surface area contributed by atoms with E-state index in [0.29, 0.717) is 12.4 Å². The quantitative estimate of drug-likeness (QED) is 0.793. The number of aryl methyl sites for hydroxylation is 1. The van der Waals surface area contributed by atoms with Crippen molar-refractivity contribution in [2.24, 2.45) is 7.05 Å². The van der Waals surface area contributed by atoms with Gasteiger partial charge in [-0.15, -0.1) is 10.2 Å². The van der Waals surface area contributed by atoms with Crippen molar-refractivity contribution in [2.45, 2.75) is 19.0 Å². The van der Waals surface area contributed by atoms with Crippen molar-refractivity contribution in [1.29, 1.82) is 0 Å². The van der Waals surface area contributed by atoms with E-state index in [1.807, 2.05) is 52.3 Å². The van der Waals surface area contributed by atoms with Crippen LogP contribution in [0.15, 0.2) is 30.6 Å². The number of ether oxygens (including phenoxy) is 1. The second-order valence-electron chi connectivity index (χ2n) is 6.13. The number of nitrogens with zero attached hydrogens (tertiary/aromatic N) is 4. The molecule has 1 aromatic heterocycles. The van der Waals surface area contributed by atoms with Crippen LogP contribution in [0.4, 0.5) is 4.79 Å². The second kappa shape index (κ2) is 8.48. The van der Waals surface area contributed by atoms with Crippen molar-refractivity contribution in [2.75, 3.05) is 27.7 Å². The molecule has 2 aromatic rings. The predicted octanol–water partition coefficient (Wildman–Crippen LogP) is 1.49. The largest absolute Gasteiger partial charge is 0.497 e. The molecule has 8 nitrogen and oxygen atoms in total. The number of benzene rings is 1. The zero-order chi connectivity index (χ0) is 18.4. The number of urea groups is 1. The van der Waals surface area contributed by atoms with Gasteiger partial charge in [0.15, 0.2) is 5.82 Å². The third-order valence-corrected chi connectivity index (χ3v) is 4.04. The lowest BCUT2D eigenvalue weighted by molar-refractivity contribution is 0.229. The lowest BCUT2D eigenvalue weighted by Crippen LogP contribution is -2.41. The summed E-state index contributed by atoms with van der Waals surface area (Å²) in [5.41, 5.74) is 1.07. The topological polar surface area (TPSA) is 84.3 Å². The number of hydrogen-bond donors (Lipinski definition) is 2. The Morgan fingerprint density at radius 2 is 2.16 bits per heavy atom. The number of likely N-dealkylation sites (N-methyl/N-ethyl adjacent to an activating group) is 1. The molecule has 0 radical (unpaired) electrons. The molecule has 0 spiro atoms. The van der Waals surface area contributed by atoms with E-state index in [4.69, 9.17) is 4.74 Å². The van der Waals surface area contributed by atoms with Crippen molar-refractivity contribution in [3.8, 4) is 5.75 Å². The molecule has 0 fully saturated rings. The minimum Gasteiger partial charge on any atom is -0.497 e. The van der Waals surface area contributed by atoms with Crippen LogP contribution in [0.1, 0.15) is 30.4 Å².